The van der Waals surface area contributed by atoms with Crippen molar-refractivity contribution >= 4 is 22.7 Å². The molecule has 9 heteroatoms. The van der Waals surface area contributed by atoms with Gasteiger partial charge in [-0.05, 0) is 24.3 Å². The van der Waals surface area contributed by atoms with Crippen molar-refractivity contribution in [1.29, 1.82) is 0 Å². The van der Waals surface area contributed by atoms with Crippen molar-refractivity contribution in [3.05, 3.63) is 30.0 Å². The molecule has 0 unspecified atom stereocenters. The highest BCUT2D eigenvalue weighted by atomic mass is 16.7. The van der Waals surface area contributed by atoms with Gasteiger partial charge in [-0.1, -0.05) is 0 Å². The lowest BCUT2D eigenvalue weighted by molar-refractivity contribution is -0.101. The quantitative estimate of drug-likeness (QED) is 0.587. The number of pyridine rings is 1. The van der Waals surface area contributed by atoms with Gasteiger partial charge in [-0.2, -0.15) is 0 Å². The highest BCUT2D eigenvalue weighted by molar-refractivity contribution is 5.87. The van der Waals surface area contributed by atoms with Crippen molar-refractivity contribution in [3.63, 3.8) is 0 Å². The summed E-state index contributed by atoms with van der Waals surface area (Å²) >= 11 is 0. The van der Waals surface area contributed by atoms with E-state index in [1.807, 2.05) is 12.1 Å². The summed E-state index contributed by atoms with van der Waals surface area (Å²) < 4.78 is 21.2. The van der Waals surface area contributed by atoms with E-state index in [-0.39, 0.29) is 5.95 Å². The molecule has 28 heavy (non-hydrogen) atoms. The van der Waals surface area contributed by atoms with Crippen LogP contribution in [0.25, 0.3) is 22.3 Å². The summed E-state index contributed by atoms with van der Waals surface area (Å²) in [6.07, 6.45) is -0.125. The number of anilines is 2. The Morgan fingerprint density at radius 3 is 2.25 bits per heavy atom. The number of ether oxygens (including phenoxy) is 4. The summed E-state index contributed by atoms with van der Waals surface area (Å²) in [6, 6.07) is 7.20. The second-order valence-corrected chi connectivity index (χ2v) is 6.00. The minimum atomic E-state index is -0.485. The molecule has 9 nitrogen and oxygen atoms in total. The van der Waals surface area contributed by atoms with Crippen molar-refractivity contribution in [3.8, 4) is 22.8 Å². The molecule has 0 saturated carbocycles. The van der Waals surface area contributed by atoms with E-state index in [0.717, 1.165) is 5.56 Å². The van der Waals surface area contributed by atoms with Gasteiger partial charge in [-0.3, -0.25) is 0 Å². The minimum Gasteiger partial charge on any atom is -0.493 e. The zero-order valence-corrected chi connectivity index (χ0v) is 16.2. The molecule has 2 heterocycles. The number of hydrogen-bond acceptors (Lipinski definition) is 9. The summed E-state index contributed by atoms with van der Waals surface area (Å²) in [7, 11) is 6.27. The number of nitrogens with two attached hydrogens (primary N) is 2. The van der Waals surface area contributed by atoms with Crippen LogP contribution in [0.3, 0.4) is 0 Å². The van der Waals surface area contributed by atoms with Gasteiger partial charge in [0, 0.05) is 26.2 Å². The number of rotatable bonds is 7. The smallest absolute Gasteiger partial charge is 0.220 e. The molecule has 0 aliphatic heterocycles. The molecular weight excluding hydrogens is 362 g/mol. The number of aromatic nitrogens is 3. The predicted octanol–water partition coefficient (Wildman–Crippen LogP) is 2.03. The summed E-state index contributed by atoms with van der Waals surface area (Å²) in [5, 5.41) is 0. The Labute approximate surface area is 162 Å². The molecule has 0 amide bonds. The van der Waals surface area contributed by atoms with Crippen LogP contribution in [0, 0.1) is 0 Å². The molecule has 0 bridgehead atoms. The summed E-state index contributed by atoms with van der Waals surface area (Å²) in [4.78, 5) is 13.3. The van der Waals surface area contributed by atoms with Crippen LogP contribution in [0.4, 0.5) is 11.6 Å². The van der Waals surface area contributed by atoms with Crippen molar-refractivity contribution < 1.29 is 18.9 Å². The molecule has 0 spiro atoms. The van der Waals surface area contributed by atoms with Gasteiger partial charge in [0.05, 0.1) is 36.8 Å². The molecule has 0 aliphatic carbocycles. The van der Waals surface area contributed by atoms with E-state index < -0.39 is 6.29 Å². The number of nitrogens with zero attached hydrogens (tertiary/aromatic N) is 3. The zero-order chi connectivity index (χ0) is 20.3. The number of benzene rings is 1. The van der Waals surface area contributed by atoms with E-state index in [4.69, 9.17) is 35.4 Å². The summed E-state index contributed by atoms with van der Waals surface area (Å²) in [5.41, 5.74) is 15.6. The highest BCUT2D eigenvalue weighted by Crippen LogP contribution is 2.35. The Hall–Kier alpha value is -3.17. The van der Waals surface area contributed by atoms with Crippen molar-refractivity contribution in [2.45, 2.75) is 12.7 Å². The Kier molecular flexibility index (Phi) is 5.76. The maximum Gasteiger partial charge on any atom is 0.220 e. The van der Waals surface area contributed by atoms with Crippen molar-refractivity contribution in [2.24, 2.45) is 0 Å². The van der Waals surface area contributed by atoms with Crippen molar-refractivity contribution in [1.82, 2.24) is 15.0 Å². The maximum absolute atomic E-state index is 6.25. The third kappa shape index (κ3) is 3.75. The van der Waals surface area contributed by atoms with Crippen LogP contribution >= 0.6 is 0 Å². The molecular formula is C19H23N5O4. The first-order chi connectivity index (χ1) is 13.5. The normalized spacial score (nSPS) is 11.2. The topological polar surface area (TPSA) is 128 Å². The van der Waals surface area contributed by atoms with Crippen LogP contribution in [-0.2, 0) is 15.9 Å². The van der Waals surface area contributed by atoms with Gasteiger partial charge in [-0.15, -0.1) is 0 Å². The fraction of sp³-hybridized carbons (Fsp3) is 0.316. The van der Waals surface area contributed by atoms with Gasteiger partial charge >= 0.3 is 0 Å². The molecule has 1 aromatic carbocycles. The lowest BCUT2D eigenvalue weighted by Gasteiger charge is -2.15. The fourth-order valence-corrected chi connectivity index (χ4v) is 2.93. The van der Waals surface area contributed by atoms with E-state index in [1.165, 1.54) is 0 Å². The van der Waals surface area contributed by atoms with E-state index in [2.05, 4.69) is 9.97 Å². The second kappa shape index (κ2) is 8.24. The Morgan fingerprint density at radius 1 is 0.893 bits per heavy atom. The fourth-order valence-electron chi connectivity index (χ4n) is 2.93. The monoisotopic (exact) mass is 385 g/mol. The maximum atomic E-state index is 6.25. The van der Waals surface area contributed by atoms with Crippen LogP contribution in [0.1, 0.15) is 5.69 Å². The average Bonchev–Trinajstić information content (AvgIpc) is 2.70. The van der Waals surface area contributed by atoms with Gasteiger partial charge in [0.2, 0.25) is 5.95 Å². The first-order valence-electron chi connectivity index (χ1n) is 8.51. The van der Waals surface area contributed by atoms with Crippen LogP contribution in [0.2, 0.25) is 0 Å². The molecule has 4 N–H and O–H groups in total. The first kappa shape index (κ1) is 19.6. The van der Waals surface area contributed by atoms with Crippen molar-refractivity contribution in [2.75, 3.05) is 39.9 Å². The molecule has 0 aliphatic rings. The lowest BCUT2D eigenvalue weighted by Crippen LogP contribution is -2.18. The van der Waals surface area contributed by atoms with E-state index in [1.54, 1.807) is 40.6 Å². The molecule has 0 atom stereocenters. The van der Waals surface area contributed by atoms with Gasteiger partial charge in [0.1, 0.15) is 5.52 Å². The van der Waals surface area contributed by atoms with E-state index in [0.29, 0.717) is 46.0 Å². The van der Waals surface area contributed by atoms with Crippen LogP contribution in [0.5, 0.6) is 11.5 Å². The Balaban J connectivity index is 2.17. The SMILES string of the molecule is COc1ccc(-c2nc3c(CC(OC)OC)nc(N)nc3cc2N)cc1OC. The number of methoxy groups -OCH3 is 4. The number of nitrogen functional groups attached to an aromatic ring is 2. The van der Waals surface area contributed by atoms with Crippen LogP contribution in [-0.4, -0.2) is 49.7 Å². The average molecular weight is 385 g/mol. The van der Waals surface area contributed by atoms with E-state index >= 15 is 0 Å². The van der Waals surface area contributed by atoms with Gasteiger partial charge in [0.25, 0.3) is 0 Å². The summed E-state index contributed by atoms with van der Waals surface area (Å²) in [5.74, 6) is 1.33. The lowest BCUT2D eigenvalue weighted by atomic mass is 10.1. The largest absolute Gasteiger partial charge is 0.493 e. The molecule has 0 radical (unpaired) electrons. The van der Waals surface area contributed by atoms with Crippen LogP contribution in [0.15, 0.2) is 24.3 Å². The van der Waals surface area contributed by atoms with Gasteiger partial charge in [-0.25, -0.2) is 15.0 Å². The van der Waals surface area contributed by atoms with Gasteiger partial charge in [0.15, 0.2) is 17.8 Å². The van der Waals surface area contributed by atoms with E-state index in [9.17, 15) is 0 Å². The molecule has 3 aromatic rings. The first-order valence-corrected chi connectivity index (χ1v) is 8.51. The standard InChI is InChI=1S/C19H23N5O4/c1-25-14-6-5-10(7-15(14)26-2)17-11(20)8-12-18(24-17)13(23-19(21)22-12)9-16(27-3)28-4/h5-8,16H,9,20H2,1-4H3,(H2,21,22,23). The third-order valence-electron chi connectivity index (χ3n) is 4.33. The summed E-state index contributed by atoms with van der Waals surface area (Å²) in [6.45, 7) is 0. The molecule has 0 fully saturated rings. The minimum absolute atomic E-state index is 0.133. The zero-order valence-electron chi connectivity index (χ0n) is 16.2. The van der Waals surface area contributed by atoms with Gasteiger partial charge < -0.3 is 30.4 Å². The molecule has 3 rings (SSSR count). The molecule has 2 aromatic heterocycles. The molecule has 148 valence electrons. The number of fused-ring (bicyclic) bond motifs is 1. The predicted molar refractivity (Wildman–Crippen MR) is 106 cm³/mol. The molecule has 0 saturated heterocycles. The number of hydrogen-bond donors (Lipinski definition) is 2. The Morgan fingerprint density at radius 2 is 1.61 bits per heavy atom. The highest BCUT2D eigenvalue weighted by Gasteiger charge is 2.17. The van der Waals surface area contributed by atoms with Crippen LogP contribution < -0.4 is 20.9 Å². The Bertz CT molecular complexity index is 992. The third-order valence-corrected chi connectivity index (χ3v) is 4.33. The second-order valence-electron chi connectivity index (χ2n) is 6.00.